The van der Waals surface area contributed by atoms with E-state index in [0.29, 0.717) is 11.8 Å². The third kappa shape index (κ3) is 2.72. The standard InChI is InChI=1S/C14H23ClN2O/c1-14(2,3)13-11(9-17(4)16-13)12-10(8-15)6-5-7-18-12/h9-10,12H,5-8H2,1-4H3. The van der Waals surface area contributed by atoms with Crippen molar-refractivity contribution >= 4 is 11.6 Å². The zero-order valence-corrected chi connectivity index (χ0v) is 12.5. The normalized spacial score (nSPS) is 25.4. The van der Waals surface area contributed by atoms with Crippen molar-refractivity contribution in [2.24, 2.45) is 13.0 Å². The molecular formula is C14H23ClN2O. The number of halogens is 1. The molecule has 0 spiro atoms. The van der Waals surface area contributed by atoms with Crippen molar-refractivity contribution in [3.05, 3.63) is 17.5 Å². The molecule has 0 saturated carbocycles. The lowest BCUT2D eigenvalue weighted by Gasteiger charge is -2.32. The van der Waals surface area contributed by atoms with Crippen LogP contribution in [-0.4, -0.2) is 22.3 Å². The van der Waals surface area contributed by atoms with Crippen LogP contribution in [0.2, 0.25) is 0 Å². The van der Waals surface area contributed by atoms with E-state index in [1.54, 1.807) is 0 Å². The molecule has 0 aromatic carbocycles. The van der Waals surface area contributed by atoms with Gasteiger partial charge in [0.05, 0.1) is 11.8 Å². The SMILES string of the molecule is Cn1cc(C2OCCCC2CCl)c(C(C)(C)C)n1. The van der Waals surface area contributed by atoms with Crippen LogP contribution in [0.5, 0.6) is 0 Å². The van der Waals surface area contributed by atoms with E-state index < -0.39 is 0 Å². The quantitative estimate of drug-likeness (QED) is 0.770. The Kier molecular flexibility index (Phi) is 4.02. The molecule has 18 heavy (non-hydrogen) atoms. The van der Waals surface area contributed by atoms with Crippen molar-refractivity contribution in [1.82, 2.24) is 9.78 Å². The zero-order chi connectivity index (χ0) is 13.3. The van der Waals surface area contributed by atoms with E-state index in [0.717, 1.165) is 25.1 Å². The number of hydrogen-bond acceptors (Lipinski definition) is 2. The van der Waals surface area contributed by atoms with Crippen LogP contribution < -0.4 is 0 Å². The van der Waals surface area contributed by atoms with Gasteiger partial charge in [0, 0.05) is 42.6 Å². The lowest BCUT2D eigenvalue weighted by molar-refractivity contribution is -0.0217. The van der Waals surface area contributed by atoms with Gasteiger partial charge in [-0.05, 0) is 12.8 Å². The number of ether oxygens (including phenoxy) is 1. The topological polar surface area (TPSA) is 27.1 Å². The van der Waals surface area contributed by atoms with Crippen molar-refractivity contribution in [3.8, 4) is 0 Å². The minimum Gasteiger partial charge on any atom is -0.373 e. The third-order valence-corrected chi connectivity index (χ3v) is 3.91. The molecule has 1 fully saturated rings. The van der Waals surface area contributed by atoms with Gasteiger partial charge < -0.3 is 4.74 Å². The molecule has 1 aromatic rings. The predicted octanol–water partition coefficient (Wildman–Crippen LogP) is 3.42. The van der Waals surface area contributed by atoms with Crippen molar-refractivity contribution in [2.45, 2.75) is 45.1 Å². The van der Waals surface area contributed by atoms with Gasteiger partial charge in [-0.15, -0.1) is 11.6 Å². The number of aromatic nitrogens is 2. The highest BCUT2D eigenvalue weighted by Crippen LogP contribution is 2.38. The first-order valence-electron chi connectivity index (χ1n) is 6.65. The van der Waals surface area contributed by atoms with Gasteiger partial charge in [-0.25, -0.2) is 0 Å². The van der Waals surface area contributed by atoms with Crippen molar-refractivity contribution < 1.29 is 4.74 Å². The molecule has 0 radical (unpaired) electrons. The smallest absolute Gasteiger partial charge is 0.0897 e. The minimum absolute atomic E-state index is 0.0360. The van der Waals surface area contributed by atoms with Gasteiger partial charge >= 0.3 is 0 Å². The van der Waals surface area contributed by atoms with E-state index >= 15 is 0 Å². The summed E-state index contributed by atoms with van der Waals surface area (Å²) >= 11 is 6.09. The fourth-order valence-electron chi connectivity index (χ4n) is 2.64. The minimum atomic E-state index is 0.0360. The van der Waals surface area contributed by atoms with Crippen LogP contribution in [0.25, 0.3) is 0 Å². The molecule has 0 N–H and O–H groups in total. The number of alkyl halides is 1. The fraction of sp³-hybridized carbons (Fsp3) is 0.786. The van der Waals surface area contributed by atoms with Gasteiger partial charge in [0.25, 0.3) is 0 Å². The van der Waals surface area contributed by atoms with E-state index in [-0.39, 0.29) is 11.5 Å². The van der Waals surface area contributed by atoms with Crippen LogP contribution >= 0.6 is 11.6 Å². The predicted molar refractivity (Wildman–Crippen MR) is 74.0 cm³/mol. The van der Waals surface area contributed by atoms with Crippen LogP contribution in [0.4, 0.5) is 0 Å². The van der Waals surface area contributed by atoms with Crippen molar-refractivity contribution in [3.63, 3.8) is 0 Å². The lowest BCUT2D eigenvalue weighted by atomic mass is 9.84. The Bertz CT molecular complexity index is 408. The molecule has 2 unspecified atom stereocenters. The molecular weight excluding hydrogens is 248 g/mol. The van der Waals surface area contributed by atoms with Crippen LogP contribution in [-0.2, 0) is 17.2 Å². The third-order valence-electron chi connectivity index (χ3n) is 3.52. The summed E-state index contributed by atoms with van der Waals surface area (Å²) in [6.07, 6.45) is 4.46. The average molecular weight is 271 g/mol. The van der Waals surface area contributed by atoms with Gasteiger partial charge in [-0.1, -0.05) is 20.8 Å². The fourth-order valence-corrected chi connectivity index (χ4v) is 2.96. The molecule has 4 heteroatoms. The number of hydrogen-bond donors (Lipinski definition) is 0. The molecule has 0 aliphatic carbocycles. The second kappa shape index (κ2) is 5.22. The molecule has 1 aliphatic rings. The summed E-state index contributed by atoms with van der Waals surface area (Å²) in [5.41, 5.74) is 2.39. The Hall–Kier alpha value is -0.540. The highest BCUT2D eigenvalue weighted by atomic mass is 35.5. The Morgan fingerprint density at radius 1 is 1.50 bits per heavy atom. The van der Waals surface area contributed by atoms with E-state index in [2.05, 4.69) is 32.1 Å². The zero-order valence-electron chi connectivity index (χ0n) is 11.7. The highest BCUT2D eigenvalue weighted by molar-refractivity contribution is 6.18. The maximum Gasteiger partial charge on any atom is 0.0897 e. The average Bonchev–Trinajstić information content (AvgIpc) is 2.71. The molecule has 2 rings (SSSR count). The van der Waals surface area contributed by atoms with E-state index in [1.165, 1.54) is 5.56 Å². The summed E-state index contributed by atoms with van der Waals surface area (Å²) in [4.78, 5) is 0. The second-order valence-corrected chi connectivity index (χ2v) is 6.51. The van der Waals surface area contributed by atoms with Gasteiger partial charge in [-0.2, -0.15) is 5.10 Å². The van der Waals surface area contributed by atoms with Crippen molar-refractivity contribution in [2.75, 3.05) is 12.5 Å². The van der Waals surface area contributed by atoms with Gasteiger partial charge in [0.2, 0.25) is 0 Å². The van der Waals surface area contributed by atoms with Crippen LogP contribution in [0, 0.1) is 5.92 Å². The van der Waals surface area contributed by atoms with Gasteiger partial charge in [0.1, 0.15) is 0 Å². The Morgan fingerprint density at radius 3 is 2.83 bits per heavy atom. The molecule has 0 amide bonds. The molecule has 2 heterocycles. The van der Waals surface area contributed by atoms with Crippen LogP contribution in [0.15, 0.2) is 6.20 Å². The summed E-state index contributed by atoms with van der Waals surface area (Å²) in [5.74, 6) is 1.06. The maximum absolute atomic E-state index is 6.09. The molecule has 2 atom stereocenters. The van der Waals surface area contributed by atoms with Crippen molar-refractivity contribution in [1.29, 1.82) is 0 Å². The number of rotatable bonds is 2. The molecule has 3 nitrogen and oxygen atoms in total. The van der Waals surface area contributed by atoms with E-state index in [4.69, 9.17) is 16.3 Å². The Labute approximate surface area is 114 Å². The second-order valence-electron chi connectivity index (χ2n) is 6.20. The first-order chi connectivity index (χ1) is 8.43. The largest absolute Gasteiger partial charge is 0.373 e. The monoisotopic (exact) mass is 270 g/mol. The van der Waals surface area contributed by atoms with E-state index in [1.807, 2.05) is 11.7 Å². The lowest BCUT2D eigenvalue weighted by Crippen LogP contribution is -2.26. The summed E-state index contributed by atoms with van der Waals surface area (Å²) in [6.45, 7) is 7.41. The summed E-state index contributed by atoms with van der Waals surface area (Å²) < 4.78 is 7.87. The number of aryl methyl sites for hydroxylation is 1. The Morgan fingerprint density at radius 2 is 2.22 bits per heavy atom. The maximum atomic E-state index is 6.09. The van der Waals surface area contributed by atoms with Gasteiger partial charge in [0.15, 0.2) is 0 Å². The molecule has 102 valence electrons. The van der Waals surface area contributed by atoms with E-state index in [9.17, 15) is 0 Å². The molecule has 1 saturated heterocycles. The van der Waals surface area contributed by atoms with Crippen LogP contribution in [0.3, 0.4) is 0 Å². The molecule has 0 bridgehead atoms. The molecule has 1 aliphatic heterocycles. The summed E-state index contributed by atoms with van der Waals surface area (Å²) in [7, 11) is 1.97. The summed E-state index contributed by atoms with van der Waals surface area (Å²) in [5, 5.41) is 4.62. The Balaban J connectivity index is 2.37. The highest BCUT2D eigenvalue weighted by Gasteiger charge is 2.33. The van der Waals surface area contributed by atoms with Crippen LogP contribution in [0.1, 0.15) is 51.0 Å². The summed E-state index contributed by atoms with van der Waals surface area (Å²) in [6, 6.07) is 0. The molecule has 1 aromatic heterocycles. The number of nitrogens with zero attached hydrogens (tertiary/aromatic N) is 2. The first-order valence-corrected chi connectivity index (χ1v) is 7.18. The first kappa shape index (κ1) is 13.9. The van der Waals surface area contributed by atoms with Gasteiger partial charge in [-0.3, -0.25) is 4.68 Å².